The van der Waals surface area contributed by atoms with E-state index in [-0.39, 0.29) is 23.7 Å². The lowest BCUT2D eigenvalue weighted by atomic mass is 10.0. The van der Waals surface area contributed by atoms with Crippen LogP contribution in [0.1, 0.15) is 44.8 Å². The number of carbonyl (C=O) groups is 1. The minimum atomic E-state index is -0.387. The van der Waals surface area contributed by atoms with E-state index < -0.39 is 0 Å². The number of esters is 1. The maximum Gasteiger partial charge on any atom is 0.350 e. The molecule has 0 bridgehead atoms. The normalized spacial score (nSPS) is 15.5. The second-order valence-corrected chi connectivity index (χ2v) is 8.84. The summed E-state index contributed by atoms with van der Waals surface area (Å²) in [6.07, 6.45) is 2.37. The van der Waals surface area contributed by atoms with E-state index in [0.717, 1.165) is 49.5 Å². The summed E-state index contributed by atoms with van der Waals surface area (Å²) in [4.78, 5) is 29.9. The zero-order valence-corrected chi connectivity index (χ0v) is 20.1. The summed E-state index contributed by atoms with van der Waals surface area (Å²) in [6.45, 7) is 9.42. The molecule has 0 amide bonds. The Kier molecular flexibility index (Phi) is 7.47. The van der Waals surface area contributed by atoms with Crippen molar-refractivity contribution in [1.82, 2.24) is 19.2 Å². The largest absolute Gasteiger partial charge is 0.464 e. The quantitative estimate of drug-likeness (QED) is 0.477. The molecule has 0 aliphatic carbocycles. The van der Waals surface area contributed by atoms with Gasteiger partial charge in [0.05, 0.1) is 18.3 Å². The van der Waals surface area contributed by atoms with Gasteiger partial charge < -0.3 is 9.64 Å². The van der Waals surface area contributed by atoms with Crippen molar-refractivity contribution in [3.63, 3.8) is 0 Å². The SMILES string of the molecule is CCCOC(=O)C(c1ccccc1)N1CCN(c2ccc(-n3cnn(C(C)C)c3=O)cc2)CC1. The van der Waals surface area contributed by atoms with E-state index in [9.17, 15) is 9.59 Å². The third-order valence-corrected chi connectivity index (χ3v) is 6.14. The Labute approximate surface area is 200 Å². The van der Waals surface area contributed by atoms with Crippen molar-refractivity contribution in [2.24, 2.45) is 0 Å². The molecule has 2 aromatic carbocycles. The van der Waals surface area contributed by atoms with Gasteiger partial charge in [0, 0.05) is 31.9 Å². The first-order chi connectivity index (χ1) is 16.5. The fourth-order valence-corrected chi connectivity index (χ4v) is 4.32. The summed E-state index contributed by atoms with van der Waals surface area (Å²) >= 11 is 0. The van der Waals surface area contributed by atoms with Crippen LogP contribution in [0.4, 0.5) is 5.69 Å². The molecule has 8 nitrogen and oxygen atoms in total. The van der Waals surface area contributed by atoms with Crippen molar-refractivity contribution in [3.8, 4) is 5.69 Å². The van der Waals surface area contributed by atoms with Crippen molar-refractivity contribution in [2.75, 3.05) is 37.7 Å². The molecular formula is C26H33N5O3. The maximum atomic E-state index is 12.9. The first kappa shape index (κ1) is 23.8. The number of hydrogen-bond donors (Lipinski definition) is 0. The van der Waals surface area contributed by atoms with Gasteiger partial charge in [0.1, 0.15) is 12.4 Å². The minimum absolute atomic E-state index is 0.0169. The summed E-state index contributed by atoms with van der Waals surface area (Å²) in [5.74, 6) is -0.182. The average molecular weight is 464 g/mol. The number of carbonyl (C=O) groups excluding carboxylic acids is 1. The Morgan fingerprint density at radius 2 is 1.62 bits per heavy atom. The summed E-state index contributed by atoms with van der Waals surface area (Å²) in [6, 6.07) is 17.5. The second-order valence-electron chi connectivity index (χ2n) is 8.84. The number of piperazine rings is 1. The summed E-state index contributed by atoms with van der Waals surface area (Å²) < 4.78 is 8.56. The zero-order valence-electron chi connectivity index (χ0n) is 20.1. The predicted octanol–water partition coefficient (Wildman–Crippen LogP) is 3.43. The van der Waals surface area contributed by atoms with Crippen LogP contribution in [-0.4, -0.2) is 58.0 Å². The van der Waals surface area contributed by atoms with Gasteiger partial charge in [-0.2, -0.15) is 5.10 Å². The highest BCUT2D eigenvalue weighted by molar-refractivity contribution is 5.77. The molecule has 34 heavy (non-hydrogen) atoms. The fourth-order valence-electron chi connectivity index (χ4n) is 4.32. The number of hydrogen-bond acceptors (Lipinski definition) is 6. The lowest BCUT2D eigenvalue weighted by Crippen LogP contribution is -2.49. The first-order valence-corrected chi connectivity index (χ1v) is 12.0. The predicted molar refractivity (Wildman–Crippen MR) is 132 cm³/mol. The zero-order chi connectivity index (χ0) is 24.1. The van der Waals surface area contributed by atoms with Crippen molar-refractivity contribution in [2.45, 2.75) is 39.3 Å². The smallest absolute Gasteiger partial charge is 0.350 e. The third-order valence-electron chi connectivity index (χ3n) is 6.14. The Bertz CT molecular complexity index is 1130. The van der Waals surface area contributed by atoms with Crippen LogP contribution in [0.3, 0.4) is 0 Å². The highest BCUT2D eigenvalue weighted by atomic mass is 16.5. The number of rotatable bonds is 8. The monoisotopic (exact) mass is 463 g/mol. The van der Waals surface area contributed by atoms with Crippen LogP contribution in [0, 0.1) is 0 Å². The maximum absolute atomic E-state index is 12.9. The Morgan fingerprint density at radius 3 is 2.21 bits per heavy atom. The van der Waals surface area contributed by atoms with Gasteiger partial charge in [-0.1, -0.05) is 37.3 Å². The van der Waals surface area contributed by atoms with Crippen molar-refractivity contribution in [1.29, 1.82) is 0 Å². The van der Waals surface area contributed by atoms with E-state index >= 15 is 0 Å². The lowest BCUT2D eigenvalue weighted by molar-refractivity contribution is -0.150. The second kappa shape index (κ2) is 10.7. The van der Waals surface area contributed by atoms with Crippen LogP contribution in [-0.2, 0) is 9.53 Å². The molecule has 0 spiro atoms. The van der Waals surface area contributed by atoms with Crippen LogP contribution in [0.25, 0.3) is 5.69 Å². The van der Waals surface area contributed by atoms with Crippen molar-refractivity contribution in [3.05, 3.63) is 77.0 Å². The number of benzene rings is 2. The van der Waals surface area contributed by atoms with Gasteiger partial charge in [0.2, 0.25) is 0 Å². The van der Waals surface area contributed by atoms with Crippen LogP contribution in [0.5, 0.6) is 0 Å². The van der Waals surface area contributed by atoms with Crippen LogP contribution >= 0.6 is 0 Å². The molecule has 8 heteroatoms. The number of ether oxygens (including phenoxy) is 1. The first-order valence-electron chi connectivity index (χ1n) is 12.0. The summed E-state index contributed by atoms with van der Waals surface area (Å²) in [5.41, 5.74) is 2.71. The van der Waals surface area contributed by atoms with Gasteiger partial charge in [0.25, 0.3) is 0 Å². The molecule has 1 aliphatic rings. The van der Waals surface area contributed by atoms with Crippen LogP contribution < -0.4 is 10.6 Å². The van der Waals surface area contributed by atoms with Gasteiger partial charge in [-0.25, -0.2) is 18.8 Å². The standard InChI is InChI=1S/C26H33N5O3/c1-4-18-34-25(32)24(21-8-6-5-7-9-21)29-16-14-28(15-17-29)22-10-12-23(13-11-22)30-19-27-31(20(2)3)26(30)33/h5-13,19-20,24H,4,14-18H2,1-3H3. The topological polar surface area (TPSA) is 72.6 Å². The third kappa shape index (κ3) is 5.07. The fraction of sp³-hybridized carbons (Fsp3) is 0.423. The van der Waals surface area contributed by atoms with Gasteiger partial charge in [-0.05, 0) is 50.1 Å². The molecule has 1 aliphatic heterocycles. The molecule has 1 unspecified atom stereocenters. The number of nitrogens with zero attached hydrogens (tertiary/aromatic N) is 5. The molecule has 180 valence electrons. The lowest BCUT2D eigenvalue weighted by Gasteiger charge is -2.39. The summed E-state index contributed by atoms with van der Waals surface area (Å²) in [7, 11) is 0. The van der Waals surface area contributed by atoms with Gasteiger partial charge in [-0.15, -0.1) is 0 Å². The van der Waals surface area contributed by atoms with E-state index in [0.29, 0.717) is 6.61 Å². The molecule has 0 radical (unpaired) electrons. The Hall–Kier alpha value is -3.39. The Balaban J connectivity index is 1.44. The molecule has 1 atom stereocenters. The highest BCUT2D eigenvalue weighted by Gasteiger charge is 2.31. The van der Waals surface area contributed by atoms with Crippen molar-refractivity contribution < 1.29 is 9.53 Å². The van der Waals surface area contributed by atoms with E-state index in [1.807, 2.05) is 75.4 Å². The number of anilines is 1. The molecule has 1 fully saturated rings. The average Bonchev–Trinajstić information content (AvgIpc) is 3.25. The number of aromatic nitrogens is 3. The van der Waals surface area contributed by atoms with Gasteiger partial charge in [-0.3, -0.25) is 4.90 Å². The molecule has 2 heterocycles. The van der Waals surface area contributed by atoms with Gasteiger partial charge in [0.15, 0.2) is 0 Å². The Morgan fingerprint density at radius 1 is 0.971 bits per heavy atom. The van der Waals surface area contributed by atoms with E-state index in [2.05, 4.69) is 14.9 Å². The molecule has 0 N–H and O–H groups in total. The molecule has 4 rings (SSSR count). The van der Waals surface area contributed by atoms with Crippen LogP contribution in [0.15, 0.2) is 65.7 Å². The molecule has 1 saturated heterocycles. The molecule has 0 saturated carbocycles. The highest BCUT2D eigenvalue weighted by Crippen LogP contribution is 2.26. The minimum Gasteiger partial charge on any atom is -0.464 e. The summed E-state index contributed by atoms with van der Waals surface area (Å²) in [5, 5.41) is 4.20. The molecular weight excluding hydrogens is 430 g/mol. The molecule has 3 aromatic rings. The van der Waals surface area contributed by atoms with E-state index in [1.165, 1.54) is 4.68 Å². The van der Waals surface area contributed by atoms with Crippen molar-refractivity contribution >= 4 is 11.7 Å². The van der Waals surface area contributed by atoms with Crippen LogP contribution in [0.2, 0.25) is 0 Å². The molecule has 1 aromatic heterocycles. The van der Waals surface area contributed by atoms with E-state index in [4.69, 9.17) is 4.74 Å². The van der Waals surface area contributed by atoms with Gasteiger partial charge >= 0.3 is 11.7 Å². The van der Waals surface area contributed by atoms with E-state index in [1.54, 1.807) is 10.9 Å².